The molecule has 0 fully saturated rings. The normalized spacial score (nSPS) is 12.0. The second-order valence-electron chi connectivity index (χ2n) is 5.43. The summed E-state index contributed by atoms with van der Waals surface area (Å²) in [5.74, 6) is 1.68. The summed E-state index contributed by atoms with van der Waals surface area (Å²) in [4.78, 5) is 2.05. The van der Waals surface area contributed by atoms with E-state index in [0.29, 0.717) is 0 Å². The van der Waals surface area contributed by atoms with E-state index >= 15 is 0 Å². The average molecular weight is 349 g/mol. The molecule has 21 heavy (non-hydrogen) atoms. The van der Waals surface area contributed by atoms with E-state index in [4.69, 9.17) is 10.5 Å². The van der Waals surface area contributed by atoms with Crippen LogP contribution < -0.4 is 15.4 Å². The summed E-state index contributed by atoms with van der Waals surface area (Å²) >= 11 is 3.50. The first-order chi connectivity index (χ1) is 9.95. The number of ether oxygens (including phenoxy) is 1. The molecule has 0 aliphatic heterocycles. The summed E-state index contributed by atoms with van der Waals surface area (Å²) < 4.78 is 7.09. The molecule has 3 nitrogen and oxygen atoms in total. The van der Waals surface area contributed by atoms with Crippen molar-refractivity contribution in [2.75, 3.05) is 19.0 Å². The number of benzene rings is 2. The van der Waals surface area contributed by atoms with Gasteiger partial charge in [-0.05, 0) is 49.2 Å². The molecular formula is C17H21BrN2O. The van der Waals surface area contributed by atoms with E-state index in [1.807, 2.05) is 51.4 Å². The number of hydrogen-bond donors (Lipinski definition) is 1. The average Bonchev–Trinajstić information content (AvgIpc) is 2.41. The second-order valence-corrected chi connectivity index (χ2v) is 6.34. The Bertz CT molecular complexity index is 611. The maximum absolute atomic E-state index is 6.05. The predicted octanol–water partition coefficient (Wildman–Crippen LogP) is 4.20. The molecule has 0 bridgehead atoms. The van der Waals surface area contributed by atoms with Crippen molar-refractivity contribution in [1.82, 2.24) is 0 Å². The number of anilines is 1. The Labute approximate surface area is 134 Å². The van der Waals surface area contributed by atoms with Crippen molar-refractivity contribution in [2.24, 2.45) is 5.73 Å². The van der Waals surface area contributed by atoms with Gasteiger partial charge in [-0.1, -0.05) is 22.0 Å². The Hall–Kier alpha value is -1.52. The molecule has 0 amide bonds. The van der Waals surface area contributed by atoms with E-state index in [0.717, 1.165) is 33.6 Å². The molecule has 0 saturated heterocycles. The molecule has 0 aliphatic rings. The minimum Gasteiger partial charge on any atom is -0.457 e. The van der Waals surface area contributed by atoms with E-state index in [-0.39, 0.29) is 6.04 Å². The zero-order valence-corrected chi connectivity index (χ0v) is 14.2. The Balaban J connectivity index is 2.28. The molecule has 0 saturated carbocycles. The number of rotatable bonds is 5. The zero-order valence-electron chi connectivity index (χ0n) is 12.6. The molecule has 112 valence electrons. The number of hydrogen-bond acceptors (Lipinski definition) is 3. The van der Waals surface area contributed by atoms with E-state index in [9.17, 15) is 0 Å². The summed E-state index contributed by atoms with van der Waals surface area (Å²) in [5.41, 5.74) is 8.14. The van der Waals surface area contributed by atoms with Gasteiger partial charge in [0, 0.05) is 36.4 Å². The quantitative estimate of drug-likeness (QED) is 0.879. The van der Waals surface area contributed by atoms with Crippen molar-refractivity contribution < 1.29 is 4.74 Å². The van der Waals surface area contributed by atoms with Crippen molar-refractivity contribution in [3.63, 3.8) is 0 Å². The van der Waals surface area contributed by atoms with Crippen LogP contribution in [-0.4, -0.2) is 20.1 Å². The van der Waals surface area contributed by atoms with Gasteiger partial charge in [0.2, 0.25) is 0 Å². The molecule has 0 aliphatic carbocycles. The largest absolute Gasteiger partial charge is 0.457 e. The lowest BCUT2D eigenvalue weighted by Gasteiger charge is -2.16. The van der Waals surface area contributed by atoms with Crippen molar-refractivity contribution in [2.45, 2.75) is 19.4 Å². The van der Waals surface area contributed by atoms with Gasteiger partial charge in [0.1, 0.15) is 11.5 Å². The Morgan fingerprint density at radius 2 is 1.95 bits per heavy atom. The van der Waals surface area contributed by atoms with Gasteiger partial charge in [0.25, 0.3) is 0 Å². The van der Waals surface area contributed by atoms with Crippen molar-refractivity contribution >= 4 is 21.6 Å². The SMILES string of the molecule is CC(N)Cc1cc(Br)ccc1Oc1cccc(N(C)C)c1. The summed E-state index contributed by atoms with van der Waals surface area (Å²) in [5, 5.41) is 0. The first-order valence-corrected chi connectivity index (χ1v) is 7.74. The Morgan fingerprint density at radius 1 is 1.19 bits per heavy atom. The standard InChI is InChI=1S/C17H21BrN2O/c1-12(19)9-13-10-14(18)7-8-17(13)21-16-6-4-5-15(11-16)20(2)3/h4-8,10-12H,9,19H2,1-3H3. The third-order valence-corrected chi connectivity index (χ3v) is 3.62. The lowest BCUT2D eigenvalue weighted by molar-refractivity contribution is 0.474. The van der Waals surface area contributed by atoms with Crippen LogP contribution in [0, 0.1) is 0 Å². The van der Waals surface area contributed by atoms with Gasteiger partial charge in [0.05, 0.1) is 0 Å². The number of halogens is 1. The topological polar surface area (TPSA) is 38.5 Å². The molecule has 0 heterocycles. The molecule has 2 aromatic rings. The van der Waals surface area contributed by atoms with Crippen LogP contribution in [0.2, 0.25) is 0 Å². The van der Waals surface area contributed by atoms with Crippen LogP contribution in [0.25, 0.3) is 0 Å². The molecule has 0 aromatic heterocycles. The first-order valence-electron chi connectivity index (χ1n) is 6.95. The van der Waals surface area contributed by atoms with Gasteiger partial charge >= 0.3 is 0 Å². The summed E-state index contributed by atoms with van der Waals surface area (Å²) in [6.07, 6.45) is 0.780. The third-order valence-electron chi connectivity index (χ3n) is 3.13. The Morgan fingerprint density at radius 3 is 2.62 bits per heavy atom. The van der Waals surface area contributed by atoms with E-state index in [1.54, 1.807) is 0 Å². The minimum atomic E-state index is 0.0924. The van der Waals surface area contributed by atoms with Gasteiger partial charge < -0.3 is 15.4 Å². The van der Waals surface area contributed by atoms with E-state index in [2.05, 4.69) is 33.0 Å². The fourth-order valence-corrected chi connectivity index (χ4v) is 2.51. The van der Waals surface area contributed by atoms with Crippen LogP contribution in [-0.2, 0) is 6.42 Å². The molecular weight excluding hydrogens is 328 g/mol. The number of nitrogens with two attached hydrogens (primary N) is 1. The third kappa shape index (κ3) is 4.48. The predicted molar refractivity (Wildman–Crippen MR) is 92.3 cm³/mol. The summed E-state index contributed by atoms with van der Waals surface area (Å²) in [6.45, 7) is 2.00. The highest BCUT2D eigenvalue weighted by molar-refractivity contribution is 9.10. The summed E-state index contributed by atoms with van der Waals surface area (Å²) in [6, 6.07) is 14.2. The molecule has 2 rings (SSSR count). The highest BCUT2D eigenvalue weighted by atomic mass is 79.9. The van der Waals surface area contributed by atoms with E-state index in [1.165, 1.54) is 0 Å². The van der Waals surface area contributed by atoms with Gasteiger partial charge in [-0.3, -0.25) is 0 Å². The van der Waals surface area contributed by atoms with Crippen molar-refractivity contribution in [1.29, 1.82) is 0 Å². The molecule has 2 aromatic carbocycles. The van der Waals surface area contributed by atoms with Gasteiger partial charge in [-0.25, -0.2) is 0 Å². The zero-order chi connectivity index (χ0) is 15.4. The van der Waals surface area contributed by atoms with Crippen molar-refractivity contribution in [3.8, 4) is 11.5 Å². The monoisotopic (exact) mass is 348 g/mol. The fraction of sp³-hybridized carbons (Fsp3) is 0.294. The first kappa shape index (κ1) is 15.9. The van der Waals surface area contributed by atoms with Crippen LogP contribution in [0.3, 0.4) is 0 Å². The Kier molecular flexibility index (Phi) is 5.26. The van der Waals surface area contributed by atoms with Gasteiger partial charge in [-0.2, -0.15) is 0 Å². The molecule has 1 unspecified atom stereocenters. The van der Waals surface area contributed by atoms with Gasteiger partial charge in [0.15, 0.2) is 0 Å². The second kappa shape index (κ2) is 6.96. The highest BCUT2D eigenvalue weighted by Crippen LogP contribution is 2.30. The lowest BCUT2D eigenvalue weighted by atomic mass is 10.1. The minimum absolute atomic E-state index is 0.0924. The smallest absolute Gasteiger partial charge is 0.130 e. The lowest BCUT2D eigenvalue weighted by Crippen LogP contribution is -2.18. The maximum Gasteiger partial charge on any atom is 0.130 e. The van der Waals surface area contributed by atoms with Crippen LogP contribution in [0.5, 0.6) is 11.5 Å². The van der Waals surface area contributed by atoms with Crippen LogP contribution >= 0.6 is 15.9 Å². The molecule has 4 heteroatoms. The van der Waals surface area contributed by atoms with Gasteiger partial charge in [-0.15, -0.1) is 0 Å². The molecule has 0 radical (unpaired) electrons. The van der Waals surface area contributed by atoms with Crippen LogP contribution in [0.1, 0.15) is 12.5 Å². The fourth-order valence-electron chi connectivity index (χ4n) is 2.11. The molecule has 1 atom stereocenters. The van der Waals surface area contributed by atoms with Crippen LogP contribution in [0.15, 0.2) is 46.9 Å². The molecule has 2 N–H and O–H groups in total. The number of nitrogens with zero attached hydrogens (tertiary/aromatic N) is 1. The molecule has 0 spiro atoms. The summed E-state index contributed by atoms with van der Waals surface area (Å²) in [7, 11) is 4.03. The van der Waals surface area contributed by atoms with Crippen LogP contribution in [0.4, 0.5) is 5.69 Å². The van der Waals surface area contributed by atoms with Crippen molar-refractivity contribution in [3.05, 3.63) is 52.5 Å². The highest BCUT2D eigenvalue weighted by Gasteiger charge is 2.09. The van der Waals surface area contributed by atoms with E-state index < -0.39 is 0 Å². The maximum atomic E-state index is 6.05.